The highest BCUT2D eigenvalue weighted by atomic mass is 32.1. The van der Waals surface area contributed by atoms with Crippen molar-refractivity contribution in [3.63, 3.8) is 0 Å². The van der Waals surface area contributed by atoms with Crippen LogP contribution in [0.5, 0.6) is 0 Å². The Morgan fingerprint density at radius 2 is 2.17 bits per heavy atom. The van der Waals surface area contributed by atoms with E-state index in [9.17, 15) is 4.79 Å². The van der Waals surface area contributed by atoms with Crippen molar-refractivity contribution in [1.82, 2.24) is 20.2 Å². The van der Waals surface area contributed by atoms with Gasteiger partial charge in [-0.1, -0.05) is 0 Å². The Balaban J connectivity index is 1.73. The summed E-state index contributed by atoms with van der Waals surface area (Å²) in [6.45, 7) is 3.89. The fourth-order valence-corrected chi connectivity index (χ4v) is 2.40. The molecule has 2 N–H and O–H groups in total. The van der Waals surface area contributed by atoms with Crippen LogP contribution in [0, 0.1) is 13.8 Å². The van der Waals surface area contributed by atoms with Crippen LogP contribution in [-0.2, 0) is 0 Å². The van der Waals surface area contributed by atoms with Gasteiger partial charge in [0.15, 0.2) is 5.13 Å². The van der Waals surface area contributed by atoms with Gasteiger partial charge in [0.2, 0.25) is 5.82 Å². The van der Waals surface area contributed by atoms with Crippen LogP contribution in [0.15, 0.2) is 0 Å². The summed E-state index contributed by atoms with van der Waals surface area (Å²) in [5.41, 5.74) is 0.934. The Kier molecular flexibility index (Phi) is 2.62. The smallest absolute Gasteiger partial charge is 0.295 e. The fraction of sp³-hybridized carbons (Fsp3) is 0.455. The standard InChI is InChI=1S/C11H13N5OS/c1-5-6(2)18-11(12-5)14-10(17)9-13-8(15-16-9)7-3-4-7/h7H,3-4H2,1-2H3,(H,12,14,17)(H,13,15,16). The first-order valence-corrected chi connectivity index (χ1v) is 6.63. The van der Waals surface area contributed by atoms with E-state index in [0.717, 1.165) is 29.2 Å². The fourth-order valence-electron chi connectivity index (χ4n) is 1.59. The molecule has 0 aromatic carbocycles. The Morgan fingerprint density at radius 3 is 2.78 bits per heavy atom. The minimum Gasteiger partial charge on any atom is -0.295 e. The van der Waals surface area contributed by atoms with Crippen LogP contribution < -0.4 is 5.32 Å². The van der Waals surface area contributed by atoms with Crippen LogP contribution in [0.25, 0.3) is 0 Å². The van der Waals surface area contributed by atoms with E-state index in [-0.39, 0.29) is 11.7 Å². The van der Waals surface area contributed by atoms with Gasteiger partial charge in [-0.25, -0.2) is 9.97 Å². The van der Waals surface area contributed by atoms with Crippen LogP contribution in [0.4, 0.5) is 5.13 Å². The van der Waals surface area contributed by atoms with E-state index in [1.807, 2.05) is 13.8 Å². The van der Waals surface area contributed by atoms with E-state index in [1.54, 1.807) is 0 Å². The topological polar surface area (TPSA) is 83.6 Å². The molecule has 0 aliphatic heterocycles. The van der Waals surface area contributed by atoms with Gasteiger partial charge in [0.1, 0.15) is 5.82 Å². The predicted molar refractivity (Wildman–Crippen MR) is 67.9 cm³/mol. The van der Waals surface area contributed by atoms with Crippen LogP contribution in [0.2, 0.25) is 0 Å². The van der Waals surface area contributed by atoms with E-state index >= 15 is 0 Å². The summed E-state index contributed by atoms with van der Waals surface area (Å²) in [6, 6.07) is 0. The Hall–Kier alpha value is -1.76. The lowest BCUT2D eigenvalue weighted by atomic mass is 10.4. The maximum absolute atomic E-state index is 11.9. The molecule has 94 valence electrons. The van der Waals surface area contributed by atoms with Crippen LogP contribution in [0.3, 0.4) is 0 Å². The molecule has 0 bridgehead atoms. The van der Waals surface area contributed by atoms with Gasteiger partial charge in [-0.05, 0) is 26.7 Å². The Bertz CT molecular complexity index is 579. The molecule has 1 saturated carbocycles. The van der Waals surface area contributed by atoms with Gasteiger partial charge >= 0.3 is 0 Å². The first-order valence-electron chi connectivity index (χ1n) is 5.81. The number of aryl methyl sites for hydroxylation is 2. The molecular formula is C11H13N5OS. The second-order valence-electron chi connectivity index (χ2n) is 4.43. The molecule has 0 saturated heterocycles. The number of hydrogen-bond donors (Lipinski definition) is 2. The minimum atomic E-state index is -0.313. The summed E-state index contributed by atoms with van der Waals surface area (Å²) < 4.78 is 0. The van der Waals surface area contributed by atoms with E-state index in [2.05, 4.69) is 25.5 Å². The number of nitrogens with zero attached hydrogens (tertiary/aromatic N) is 3. The molecule has 1 aliphatic rings. The quantitative estimate of drug-likeness (QED) is 0.887. The van der Waals surface area contributed by atoms with Gasteiger partial charge in [-0.15, -0.1) is 16.4 Å². The van der Waals surface area contributed by atoms with Crippen molar-refractivity contribution in [1.29, 1.82) is 0 Å². The predicted octanol–water partition coefficient (Wildman–Crippen LogP) is 2.01. The van der Waals surface area contributed by atoms with Crippen molar-refractivity contribution in [2.24, 2.45) is 0 Å². The van der Waals surface area contributed by atoms with Crippen LogP contribution in [0.1, 0.15) is 45.8 Å². The van der Waals surface area contributed by atoms with Gasteiger partial charge in [-0.3, -0.25) is 15.2 Å². The SMILES string of the molecule is Cc1nc(NC(=O)c2n[nH]c(C3CC3)n2)sc1C. The first-order chi connectivity index (χ1) is 8.63. The summed E-state index contributed by atoms with van der Waals surface area (Å²) in [7, 11) is 0. The van der Waals surface area contributed by atoms with Gasteiger partial charge in [-0.2, -0.15) is 0 Å². The van der Waals surface area contributed by atoms with Crippen molar-refractivity contribution in [3.05, 3.63) is 22.2 Å². The molecule has 1 fully saturated rings. The molecule has 3 rings (SSSR count). The van der Waals surface area contributed by atoms with Crippen molar-refractivity contribution < 1.29 is 4.79 Å². The van der Waals surface area contributed by atoms with Gasteiger partial charge in [0, 0.05) is 10.8 Å². The van der Waals surface area contributed by atoms with Gasteiger partial charge < -0.3 is 0 Å². The average Bonchev–Trinajstić information content (AvgIpc) is 2.97. The number of anilines is 1. The van der Waals surface area contributed by atoms with Gasteiger partial charge in [0.05, 0.1) is 5.69 Å². The second-order valence-corrected chi connectivity index (χ2v) is 5.64. The molecule has 1 amide bonds. The number of rotatable bonds is 3. The van der Waals surface area contributed by atoms with Crippen molar-refractivity contribution in [2.75, 3.05) is 5.32 Å². The van der Waals surface area contributed by atoms with E-state index in [1.165, 1.54) is 11.3 Å². The maximum Gasteiger partial charge on any atom is 0.297 e. The van der Waals surface area contributed by atoms with Crippen molar-refractivity contribution >= 4 is 22.4 Å². The lowest BCUT2D eigenvalue weighted by Crippen LogP contribution is -2.13. The zero-order valence-corrected chi connectivity index (χ0v) is 11.0. The number of carbonyl (C=O) groups is 1. The number of thiazole rings is 1. The molecule has 7 heteroatoms. The molecule has 18 heavy (non-hydrogen) atoms. The normalized spacial score (nSPS) is 14.8. The number of aromatic amines is 1. The highest BCUT2D eigenvalue weighted by molar-refractivity contribution is 7.15. The van der Waals surface area contributed by atoms with E-state index < -0.39 is 0 Å². The highest BCUT2D eigenvalue weighted by Gasteiger charge is 2.28. The van der Waals surface area contributed by atoms with Crippen molar-refractivity contribution in [3.8, 4) is 0 Å². The summed E-state index contributed by atoms with van der Waals surface area (Å²) >= 11 is 1.45. The summed E-state index contributed by atoms with van der Waals surface area (Å²) in [5, 5.41) is 10.1. The van der Waals surface area contributed by atoms with Crippen LogP contribution >= 0.6 is 11.3 Å². The van der Waals surface area contributed by atoms with Gasteiger partial charge in [0.25, 0.3) is 5.91 Å². The summed E-state index contributed by atoms with van der Waals surface area (Å²) in [4.78, 5) is 21.4. The molecular weight excluding hydrogens is 250 g/mol. The van der Waals surface area contributed by atoms with Crippen molar-refractivity contribution in [2.45, 2.75) is 32.6 Å². The minimum absolute atomic E-state index is 0.183. The number of amides is 1. The zero-order chi connectivity index (χ0) is 12.7. The number of hydrogen-bond acceptors (Lipinski definition) is 5. The lowest BCUT2D eigenvalue weighted by Gasteiger charge is -1.95. The number of H-pyrrole nitrogens is 1. The summed E-state index contributed by atoms with van der Waals surface area (Å²) in [6.07, 6.45) is 2.25. The average molecular weight is 263 g/mol. The monoisotopic (exact) mass is 263 g/mol. The molecule has 1 aliphatic carbocycles. The molecule has 2 heterocycles. The third kappa shape index (κ3) is 2.13. The van der Waals surface area contributed by atoms with Crippen LogP contribution in [-0.4, -0.2) is 26.1 Å². The molecule has 0 spiro atoms. The molecule has 0 atom stereocenters. The number of nitrogens with one attached hydrogen (secondary N) is 2. The summed E-state index contributed by atoms with van der Waals surface area (Å²) in [5.74, 6) is 1.14. The maximum atomic E-state index is 11.9. The lowest BCUT2D eigenvalue weighted by molar-refractivity contribution is 0.101. The third-order valence-electron chi connectivity index (χ3n) is 2.92. The largest absolute Gasteiger partial charge is 0.297 e. The molecule has 2 aromatic rings. The number of carbonyl (C=O) groups excluding carboxylic acids is 1. The second kappa shape index (κ2) is 4.16. The third-order valence-corrected chi connectivity index (χ3v) is 3.91. The molecule has 2 aromatic heterocycles. The molecule has 0 unspecified atom stereocenters. The molecule has 0 radical (unpaired) electrons. The highest BCUT2D eigenvalue weighted by Crippen LogP contribution is 2.37. The first kappa shape index (κ1) is 11.3. The Morgan fingerprint density at radius 1 is 1.39 bits per heavy atom. The zero-order valence-electron chi connectivity index (χ0n) is 10.1. The number of aromatic nitrogens is 4. The Labute approximate surface area is 108 Å². The van der Waals surface area contributed by atoms with E-state index in [0.29, 0.717) is 11.0 Å². The van der Waals surface area contributed by atoms with E-state index in [4.69, 9.17) is 0 Å². The molecule has 6 nitrogen and oxygen atoms in total.